The van der Waals surface area contributed by atoms with Gasteiger partial charge in [0.2, 0.25) is 0 Å². The highest BCUT2D eigenvalue weighted by Gasteiger charge is 2.26. The molecule has 0 aliphatic carbocycles. The number of nitrogens with zero attached hydrogens (tertiary/aromatic N) is 1. The molecule has 112 valence electrons. The average molecular weight is 293 g/mol. The van der Waals surface area contributed by atoms with Gasteiger partial charge in [-0.2, -0.15) is 0 Å². The van der Waals surface area contributed by atoms with E-state index in [9.17, 15) is 0 Å². The summed E-state index contributed by atoms with van der Waals surface area (Å²) >= 11 is 1.77. The van der Waals surface area contributed by atoms with Gasteiger partial charge < -0.3 is 5.73 Å². The van der Waals surface area contributed by atoms with E-state index in [0.29, 0.717) is 18.6 Å². The van der Waals surface area contributed by atoms with Crippen LogP contribution in [0.3, 0.4) is 0 Å². The maximum atomic E-state index is 5.99. The lowest BCUT2D eigenvalue weighted by Crippen LogP contribution is -2.54. The lowest BCUT2D eigenvalue weighted by molar-refractivity contribution is 0.0304. The van der Waals surface area contributed by atoms with Crippen molar-refractivity contribution < 1.29 is 0 Å². The minimum absolute atomic E-state index is 0.203. The largest absolute Gasteiger partial charge is 0.329 e. The zero-order chi connectivity index (χ0) is 14.5. The summed E-state index contributed by atoms with van der Waals surface area (Å²) in [5, 5.41) is 2.41. The number of hydrazine groups is 1. The zero-order valence-electron chi connectivity index (χ0n) is 12.8. The van der Waals surface area contributed by atoms with Gasteiger partial charge in [-0.3, -0.25) is 0 Å². The fraction of sp³-hybridized carbons (Fsp3) is 0.625. The van der Waals surface area contributed by atoms with Crippen molar-refractivity contribution in [1.82, 2.24) is 10.4 Å². The Morgan fingerprint density at radius 3 is 2.35 bits per heavy atom. The first-order valence-electron chi connectivity index (χ1n) is 7.54. The van der Waals surface area contributed by atoms with E-state index in [1.807, 2.05) is 0 Å². The van der Waals surface area contributed by atoms with Crippen LogP contribution >= 0.6 is 11.8 Å². The maximum absolute atomic E-state index is 5.99. The Balaban J connectivity index is 2.07. The molecule has 0 spiro atoms. The van der Waals surface area contributed by atoms with E-state index in [1.165, 1.54) is 29.7 Å². The van der Waals surface area contributed by atoms with Crippen molar-refractivity contribution in [1.29, 1.82) is 0 Å². The lowest BCUT2D eigenvalue weighted by Gasteiger charge is -2.41. The van der Waals surface area contributed by atoms with Crippen molar-refractivity contribution in [3.05, 3.63) is 29.8 Å². The highest BCUT2D eigenvalue weighted by atomic mass is 32.2. The van der Waals surface area contributed by atoms with Crippen LogP contribution < -0.4 is 11.2 Å². The Hall–Kier alpha value is -0.550. The Kier molecular flexibility index (Phi) is 5.90. The van der Waals surface area contributed by atoms with E-state index in [1.54, 1.807) is 11.8 Å². The predicted molar refractivity (Wildman–Crippen MR) is 87.8 cm³/mol. The highest BCUT2D eigenvalue weighted by Crippen LogP contribution is 2.24. The molecule has 1 heterocycles. The smallest absolute Gasteiger partial charge is 0.0587 e. The molecule has 1 aromatic rings. The summed E-state index contributed by atoms with van der Waals surface area (Å²) in [5.41, 5.74) is 10.9. The number of nitrogens with one attached hydrogen (secondary N) is 1. The van der Waals surface area contributed by atoms with Gasteiger partial charge in [-0.15, -0.1) is 11.8 Å². The van der Waals surface area contributed by atoms with Gasteiger partial charge in [-0.25, -0.2) is 10.4 Å². The summed E-state index contributed by atoms with van der Waals surface area (Å²) < 4.78 is 0. The molecule has 0 saturated carbocycles. The van der Waals surface area contributed by atoms with Crippen molar-refractivity contribution in [2.45, 2.75) is 56.1 Å². The van der Waals surface area contributed by atoms with Crippen molar-refractivity contribution in [2.24, 2.45) is 5.73 Å². The molecule has 1 aliphatic rings. The first-order chi connectivity index (χ1) is 9.65. The van der Waals surface area contributed by atoms with E-state index in [-0.39, 0.29) is 6.04 Å². The quantitative estimate of drug-likeness (QED) is 0.818. The first kappa shape index (κ1) is 15.8. The topological polar surface area (TPSA) is 41.3 Å². The summed E-state index contributed by atoms with van der Waals surface area (Å²) in [5.74, 6) is 0. The lowest BCUT2D eigenvalue weighted by atomic mass is 9.99. The summed E-state index contributed by atoms with van der Waals surface area (Å²) in [6.45, 7) is 5.22. The van der Waals surface area contributed by atoms with Crippen LogP contribution in [0.4, 0.5) is 0 Å². The normalized spacial score (nSPS) is 25.6. The van der Waals surface area contributed by atoms with Crippen LogP contribution in [-0.2, 0) is 0 Å². The molecule has 20 heavy (non-hydrogen) atoms. The Morgan fingerprint density at radius 2 is 1.85 bits per heavy atom. The monoisotopic (exact) mass is 293 g/mol. The molecule has 0 radical (unpaired) electrons. The number of hydrogen-bond donors (Lipinski definition) is 2. The number of rotatable bonds is 5. The van der Waals surface area contributed by atoms with Gasteiger partial charge in [0.15, 0.2) is 0 Å². The molecule has 1 aliphatic heterocycles. The molecule has 1 fully saturated rings. The third-order valence-corrected chi connectivity index (χ3v) is 5.00. The molecular formula is C16H27N3S. The Bertz CT molecular complexity index is 397. The van der Waals surface area contributed by atoms with Gasteiger partial charge >= 0.3 is 0 Å². The van der Waals surface area contributed by atoms with E-state index in [4.69, 9.17) is 5.73 Å². The number of thioether (sulfide) groups is 1. The fourth-order valence-electron chi connectivity index (χ4n) is 2.96. The van der Waals surface area contributed by atoms with Crippen LogP contribution in [0.15, 0.2) is 29.2 Å². The van der Waals surface area contributed by atoms with Crippen molar-refractivity contribution in [3.8, 4) is 0 Å². The second-order valence-electron chi connectivity index (χ2n) is 5.73. The number of piperidine rings is 1. The van der Waals surface area contributed by atoms with Gasteiger partial charge in [0, 0.05) is 23.5 Å². The second kappa shape index (κ2) is 7.46. The van der Waals surface area contributed by atoms with Gasteiger partial charge in [-0.1, -0.05) is 18.6 Å². The molecule has 2 rings (SSSR count). The minimum atomic E-state index is 0.203. The Morgan fingerprint density at radius 1 is 1.25 bits per heavy atom. The molecule has 4 heteroatoms. The minimum Gasteiger partial charge on any atom is -0.329 e. The second-order valence-corrected chi connectivity index (χ2v) is 6.61. The third kappa shape index (κ3) is 3.76. The van der Waals surface area contributed by atoms with Crippen LogP contribution in [0.1, 0.15) is 44.7 Å². The fourth-order valence-corrected chi connectivity index (χ4v) is 3.36. The number of hydrogen-bond acceptors (Lipinski definition) is 4. The summed E-state index contributed by atoms with van der Waals surface area (Å²) in [4.78, 5) is 1.30. The molecule has 3 N–H and O–H groups in total. The van der Waals surface area contributed by atoms with Gasteiger partial charge in [0.25, 0.3) is 0 Å². The van der Waals surface area contributed by atoms with Crippen molar-refractivity contribution in [3.63, 3.8) is 0 Å². The molecule has 3 unspecified atom stereocenters. The average Bonchev–Trinajstić information content (AvgIpc) is 2.47. The van der Waals surface area contributed by atoms with E-state index in [2.05, 4.69) is 54.8 Å². The van der Waals surface area contributed by atoms with Gasteiger partial charge in [0.1, 0.15) is 0 Å². The van der Waals surface area contributed by atoms with Crippen molar-refractivity contribution >= 4 is 11.8 Å². The molecular weight excluding hydrogens is 266 g/mol. The van der Waals surface area contributed by atoms with Crippen LogP contribution in [-0.4, -0.2) is 29.9 Å². The molecule has 3 atom stereocenters. The van der Waals surface area contributed by atoms with Crippen LogP contribution in [0, 0.1) is 0 Å². The van der Waals surface area contributed by atoms with E-state index >= 15 is 0 Å². The molecule has 0 amide bonds. The van der Waals surface area contributed by atoms with Crippen molar-refractivity contribution in [2.75, 3.05) is 12.8 Å². The summed E-state index contributed by atoms with van der Waals surface area (Å²) in [6.07, 6.45) is 5.96. The molecule has 0 bridgehead atoms. The van der Waals surface area contributed by atoms with Gasteiger partial charge in [0.05, 0.1) is 6.04 Å². The maximum Gasteiger partial charge on any atom is 0.0587 e. The standard InChI is InChI=1S/C16H27N3S/c1-12-5-4-6-13(2)19(12)18-16(11-17)14-7-9-15(20-3)10-8-14/h7-10,12-13,16,18H,4-6,11,17H2,1-3H3. The number of benzene rings is 1. The van der Waals surface area contributed by atoms with E-state index in [0.717, 1.165) is 0 Å². The third-order valence-electron chi connectivity index (χ3n) is 4.25. The summed E-state index contributed by atoms with van der Waals surface area (Å²) in [7, 11) is 0. The first-order valence-corrected chi connectivity index (χ1v) is 8.76. The highest BCUT2D eigenvalue weighted by molar-refractivity contribution is 7.98. The SMILES string of the molecule is CSc1ccc(C(CN)NN2C(C)CCCC2C)cc1. The summed E-state index contributed by atoms with van der Waals surface area (Å²) in [6, 6.07) is 10.1. The van der Waals surface area contributed by atoms with Crippen LogP contribution in [0.2, 0.25) is 0 Å². The molecule has 3 nitrogen and oxygen atoms in total. The Labute approximate surface area is 127 Å². The molecule has 1 aromatic carbocycles. The number of nitrogens with two attached hydrogens (primary N) is 1. The van der Waals surface area contributed by atoms with Crippen LogP contribution in [0.5, 0.6) is 0 Å². The van der Waals surface area contributed by atoms with Gasteiger partial charge in [-0.05, 0) is 50.6 Å². The van der Waals surface area contributed by atoms with Crippen LogP contribution in [0.25, 0.3) is 0 Å². The predicted octanol–water partition coefficient (Wildman–Crippen LogP) is 3.18. The molecule has 0 aromatic heterocycles. The van der Waals surface area contributed by atoms with E-state index < -0.39 is 0 Å². The zero-order valence-corrected chi connectivity index (χ0v) is 13.6. The molecule has 1 saturated heterocycles.